The first-order chi connectivity index (χ1) is 5.83. The number of hydrogen-bond donors (Lipinski definition) is 1. The Morgan fingerprint density at radius 2 is 2.17 bits per heavy atom. The molecule has 1 N–H and O–H groups in total. The van der Waals surface area contributed by atoms with E-state index in [-0.39, 0.29) is 6.61 Å². The molecule has 70 valence electrons. The van der Waals surface area contributed by atoms with Crippen molar-refractivity contribution in [2.45, 2.75) is 12.8 Å². The molecule has 4 heteroatoms. The first-order valence-corrected chi connectivity index (χ1v) is 4.30. The van der Waals surface area contributed by atoms with E-state index in [1.165, 1.54) is 0 Å². The van der Waals surface area contributed by atoms with E-state index >= 15 is 0 Å². The lowest BCUT2D eigenvalue weighted by atomic mass is 10.1. The fourth-order valence-corrected chi connectivity index (χ4v) is 1.15. The Kier molecular flexibility index (Phi) is 4.04. The Balaban J connectivity index is 2.19. The van der Waals surface area contributed by atoms with Crippen molar-refractivity contribution in [2.75, 3.05) is 33.4 Å². The number of oxime groups is 1. The fourth-order valence-electron chi connectivity index (χ4n) is 1.15. The molecule has 0 spiro atoms. The molecule has 0 radical (unpaired) electrons. The minimum atomic E-state index is 0.0384. The van der Waals surface area contributed by atoms with Crippen LogP contribution in [0.4, 0.5) is 0 Å². The summed E-state index contributed by atoms with van der Waals surface area (Å²) in [6.07, 6.45) is 1.98. The lowest BCUT2D eigenvalue weighted by Crippen LogP contribution is -2.30. The smallest absolute Gasteiger partial charge is 0.140 e. The van der Waals surface area contributed by atoms with Gasteiger partial charge in [-0.3, -0.25) is 0 Å². The summed E-state index contributed by atoms with van der Waals surface area (Å²) in [7, 11) is 2.10. The third-order valence-electron chi connectivity index (χ3n) is 1.94. The molecule has 0 aliphatic carbocycles. The molecule has 1 aliphatic rings. The molecular formula is C8H16N2O2. The van der Waals surface area contributed by atoms with Crippen LogP contribution in [0.25, 0.3) is 0 Å². The highest BCUT2D eigenvalue weighted by molar-refractivity contribution is 5.84. The molecule has 0 amide bonds. The molecule has 12 heavy (non-hydrogen) atoms. The van der Waals surface area contributed by atoms with Gasteiger partial charge in [-0.2, -0.15) is 0 Å². The first-order valence-electron chi connectivity index (χ1n) is 4.30. The molecule has 1 fully saturated rings. The second kappa shape index (κ2) is 5.11. The molecule has 0 aromatic carbocycles. The molecule has 0 aromatic rings. The van der Waals surface area contributed by atoms with Crippen molar-refractivity contribution >= 4 is 5.71 Å². The zero-order valence-corrected chi connectivity index (χ0v) is 7.49. The molecule has 1 rings (SSSR count). The van der Waals surface area contributed by atoms with E-state index < -0.39 is 0 Å². The van der Waals surface area contributed by atoms with E-state index in [1.807, 2.05) is 0 Å². The van der Waals surface area contributed by atoms with Crippen LogP contribution in [0, 0.1) is 0 Å². The van der Waals surface area contributed by atoms with Crippen molar-refractivity contribution in [2.24, 2.45) is 5.16 Å². The van der Waals surface area contributed by atoms with Gasteiger partial charge in [0.2, 0.25) is 0 Å². The highest BCUT2D eigenvalue weighted by Gasteiger charge is 2.11. The maximum absolute atomic E-state index is 8.44. The molecule has 1 saturated heterocycles. The molecule has 0 atom stereocenters. The topological polar surface area (TPSA) is 45.1 Å². The SMILES string of the molecule is CN1CCC(=NOCCO)CC1. The third-order valence-corrected chi connectivity index (χ3v) is 1.94. The fraction of sp³-hybridized carbons (Fsp3) is 0.875. The number of rotatable bonds is 3. The van der Waals surface area contributed by atoms with Crippen molar-refractivity contribution in [3.8, 4) is 0 Å². The Hall–Kier alpha value is -0.610. The summed E-state index contributed by atoms with van der Waals surface area (Å²) in [6, 6.07) is 0. The van der Waals surface area contributed by atoms with Crippen molar-refractivity contribution in [3.05, 3.63) is 0 Å². The summed E-state index contributed by atoms with van der Waals surface area (Å²) in [5, 5.41) is 12.4. The van der Waals surface area contributed by atoms with Crippen molar-refractivity contribution in [3.63, 3.8) is 0 Å². The van der Waals surface area contributed by atoms with E-state index in [9.17, 15) is 0 Å². The van der Waals surface area contributed by atoms with Gasteiger partial charge in [-0.15, -0.1) is 0 Å². The van der Waals surface area contributed by atoms with Crippen LogP contribution in [0.3, 0.4) is 0 Å². The van der Waals surface area contributed by atoms with Gasteiger partial charge in [-0.25, -0.2) is 0 Å². The van der Waals surface area contributed by atoms with Crippen LogP contribution in [0.2, 0.25) is 0 Å². The van der Waals surface area contributed by atoms with E-state index in [2.05, 4.69) is 17.1 Å². The quantitative estimate of drug-likeness (QED) is 0.484. The number of hydrogen-bond acceptors (Lipinski definition) is 4. The number of nitrogens with zero attached hydrogens (tertiary/aromatic N) is 2. The summed E-state index contributed by atoms with van der Waals surface area (Å²) < 4.78 is 0. The summed E-state index contributed by atoms with van der Waals surface area (Å²) in [5.41, 5.74) is 1.11. The lowest BCUT2D eigenvalue weighted by Gasteiger charge is -2.22. The molecule has 0 saturated carbocycles. The molecule has 1 heterocycles. The van der Waals surface area contributed by atoms with Crippen molar-refractivity contribution < 1.29 is 9.94 Å². The van der Waals surface area contributed by atoms with Crippen LogP contribution >= 0.6 is 0 Å². The minimum absolute atomic E-state index is 0.0384. The highest BCUT2D eigenvalue weighted by Crippen LogP contribution is 2.04. The molecule has 1 aliphatic heterocycles. The van der Waals surface area contributed by atoms with E-state index in [1.54, 1.807) is 0 Å². The normalized spacial score (nSPS) is 19.3. The second-order valence-corrected chi connectivity index (χ2v) is 3.02. The monoisotopic (exact) mass is 172 g/mol. The van der Waals surface area contributed by atoms with Gasteiger partial charge in [0.25, 0.3) is 0 Å². The van der Waals surface area contributed by atoms with E-state index in [4.69, 9.17) is 9.94 Å². The molecule has 0 unspecified atom stereocenters. The van der Waals surface area contributed by atoms with Gasteiger partial charge in [0.05, 0.1) is 12.3 Å². The van der Waals surface area contributed by atoms with Gasteiger partial charge in [0, 0.05) is 25.9 Å². The third kappa shape index (κ3) is 3.19. The van der Waals surface area contributed by atoms with Crippen LogP contribution in [-0.2, 0) is 4.84 Å². The zero-order valence-electron chi connectivity index (χ0n) is 7.49. The number of likely N-dealkylation sites (tertiary alicyclic amines) is 1. The zero-order chi connectivity index (χ0) is 8.81. The Bertz CT molecular complexity index is 149. The predicted octanol–water partition coefficient (Wildman–Crippen LogP) is 0.0769. The van der Waals surface area contributed by atoms with Crippen LogP contribution in [0.5, 0.6) is 0 Å². The van der Waals surface area contributed by atoms with Gasteiger partial charge in [-0.05, 0) is 7.05 Å². The van der Waals surface area contributed by atoms with Gasteiger partial charge in [0.1, 0.15) is 6.61 Å². The molecule has 0 aromatic heterocycles. The number of aliphatic hydroxyl groups is 1. The second-order valence-electron chi connectivity index (χ2n) is 3.02. The van der Waals surface area contributed by atoms with Gasteiger partial charge >= 0.3 is 0 Å². The standard InChI is InChI=1S/C8H16N2O2/c1-10-4-2-8(3-5-10)9-12-7-6-11/h11H,2-7H2,1H3. The summed E-state index contributed by atoms with van der Waals surface area (Å²) in [4.78, 5) is 7.15. The maximum atomic E-state index is 8.44. The summed E-state index contributed by atoms with van der Waals surface area (Å²) in [6.45, 7) is 2.46. The van der Waals surface area contributed by atoms with Gasteiger partial charge in [0.15, 0.2) is 0 Å². The lowest BCUT2D eigenvalue weighted by molar-refractivity contribution is 0.0969. The highest BCUT2D eigenvalue weighted by atomic mass is 16.6. The average molecular weight is 172 g/mol. The van der Waals surface area contributed by atoms with Crippen molar-refractivity contribution in [1.29, 1.82) is 0 Å². The Morgan fingerprint density at radius 3 is 2.75 bits per heavy atom. The summed E-state index contributed by atoms with van der Waals surface area (Å²) in [5.74, 6) is 0. The predicted molar refractivity (Wildman–Crippen MR) is 47.2 cm³/mol. The Labute approximate surface area is 72.8 Å². The molecule has 0 bridgehead atoms. The number of piperidine rings is 1. The van der Waals surface area contributed by atoms with Crippen LogP contribution in [0.15, 0.2) is 5.16 Å². The maximum Gasteiger partial charge on any atom is 0.140 e. The first kappa shape index (κ1) is 9.48. The van der Waals surface area contributed by atoms with Crippen LogP contribution < -0.4 is 0 Å². The van der Waals surface area contributed by atoms with E-state index in [0.717, 1.165) is 31.6 Å². The van der Waals surface area contributed by atoms with Gasteiger partial charge in [-0.1, -0.05) is 5.16 Å². The van der Waals surface area contributed by atoms with E-state index in [0.29, 0.717) is 6.61 Å². The average Bonchev–Trinajstić information content (AvgIpc) is 2.09. The van der Waals surface area contributed by atoms with Gasteiger partial charge < -0.3 is 14.8 Å². The van der Waals surface area contributed by atoms with Crippen LogP contribution in [-0.4, -0.2) is 49.1 Å². The minimum Gasteiger partial charge on any atom is -0.393 e. The Morgan fingerprint density at radius 1 is 1.50 bits per heavy atom. The van der Waals surface area contributed by atoms with Crippen LogP contribution in [0.1, 0.15) is 12.8 Å². The largest absolute Gasteiger partial charge is 0.393 e. The molecule has 4 nitrogen and oxygen atoms in total. The summed E-state index contributed by atoms with van der Waals surface area (Å²) >= 11 is 0. The number of aliphatic hydroxyl groups excluding tert-OH is 1. The molecular weight excluding hydrogens is 156 g/mol. The van der Waals surface area contributed by atoms with Crippen molar-refractivity contribution in [1.82, 2.24) is 4.90 Å².